The maximum Gasteiger partial charge on any atom is 0.264 e. The molecule has 10 heteroatoms. The van der Waals surface area contributed by atoms with Crippen LogP contribution in [0.4, 0.5) is 11.8 Å². The fourth-order valence-corrected chi connectivity index (χ4v) is 2.65. The van der Waals surface area contributed by atoms with Crippen LogP contribution in [0.25, 0.3) is 0 Å². The average Bonchev–Trinajstić information content (AvgIpc) is 2.45. The highest BCUT2D eigenvalue weighted by atomic mass is 32.2. The van der Waals surface area contributed by atoms with Crippen LogP contribution < -0.4 is 15.6 Å². The van der Waals surface area contributed by atoms with Crippen molar-refractivity contribution in [1.82, 2.24) is 15.4 Å². The summed E-state index contributed by atoms with van der Waals surface area (Å²) in [6.07, 6.45) is 0. The summed E-state index contributed by atoms with van der Waals surface area (Å²) < 4.78 is 27.0. The van der Waals surface area contributed by atoms with E-state index >= 15 is 0 Å². The van der Waals surface area contributed by atoms with Crippen molar-refractivity contribution in [3.63, 3.8) is 0 Å². The van der Waals surface area contributed by atoms with E-state index in [1.54, 1.807) is 31.2 Å². The highest BCUT2D eigenvalue weighted by Crippen LogP contribution is 2.15. The van der Waals surface area contributed by atoms with Crippen LogP contribution >= 0.6 is 24.8 Å². The highest BCUT2D eigenvalue weighted by molar-refractivity contribution is 8.11. The largest absolute Gasteiger partial charge is 0.284 e. The molecule has 0 aliphatic rings. The lowest BCUT2D eigenvalue weighted by Crippen LogP contribution is -2.25. The second kappa shape index (κ2) is 6.90. The van der Waals surface area contributed by atoms with Gasteiger partial charge in [0.25, 0.3) is 10.0 Å². The summed E-state index contributed by atoms with van der Waals surface area (Å²) in [5.41, 5.74) is 5.87. The van der Waals surface area contributed by atoms with Crippen molar-refractivity contribution in [3.8, 4) is 0 Å². The SMILES string of the molecule is Cc1cc(NNC(=S)S)nc(NS(=O)(=O)c2ccccc2)n1. The van der Waals surface area contributed by atoms with E-state index in [-0.39, 0.29) is 15.2 Å². The number of nitrogens with one attached hydrogen (secondary N) is 3. The summed E-state index contributed by atoms with van der Waals surface area (Å²) in [5.74, 6) is 0.313. The lowest BCUT2D eigenvalue weighted by Gasteiger charge is -2.10. The molecule has 0 radical (unpaired) electrons. The fraction of sp³-hybridized carbons (Fsp3) is 0.0833. The highest BCUT2D eigenvalue weighted by Gasteiger charge is 2.15. The summed E-state index contributed by atoms with van der Waals surface area (Å²) in [6.45, 7) is 1.71. The van der Waals surface area contributed by atoms with Gasteiger partial charge in [0.15, 0.2) is 0 Å². The Morgan fingerprint density at radius 1 is 1.23 bits per heavy atom. The zero-order chi connectivity index (χ0) is 16.2. The van der Waals surface area contributed by atoms with Crippen LogP contribution in [0.2, 0.25) is 0 Å². The number of rotatable bonds is 5. The Kier molecular flexibility index (Phi) is 5.16. The first-order valence-electron chi connectivity index (χ1n) is 6.05. The molecule has 116 valence electrons. The van der Waals surface area contributed by atoms with Crippen molar-refractivity contribution in [2.75, 3.05) is 10.1 Å². The zero-order valence-corrected chi connectivity index (χ0v) is 14.0. The number of thiocarbonyl (C=S) groups is 1. The first-order chi connectivity index (χ1) is 10.4. The minimum atomic E-state index is -3.74. The number of anilines is 2. The van der Waals surface area contributed by atoms with Crippen LogP contribution in [0.1, 0.15) is 5.69 Å². The molecule has 0 amide bonds. The predicted molar refractivity (Wildman–Crippen MR) is 92.4 cm³/mol. The van der Waals surface area contributed by atoms with Gasteiger partial charge < -0.3 is 0 Å². The second-order valence-electron chi connectivity index (χ2n) is 4.19. The van der Waals surface area contributed by atoms with Crippen LogP contribution in [0.15, 0.2) is 41.3 Å². The van der Waals surface area contributed by atoms with Gasteiger partial charge in [-0.15, -0.1) is 12.6 Å². The number of hydrogen-bond acceptors (Lipinski definition) is 6. The maximum absolute atomic E-state index is 12.2. The first-order valence-corrected chi connectivity index (χ1v) is 8.39. The third kappa shape index (κ3) is 4.55. The van der Waals surface area contributed by atoms with Crippen LogP contribution in [0.5, 0.6) is 0 Å². The smallest absolute Gasteiger partial charge is 0.264 e. The van der Waals surface area contributed by atoms with Gasteiger partial charge in [-0.2, -0.15) is 4.98 Å². The lowest BCUT2D eigenvalue weighted by molar-refractivity contribution is 0.601. The standard InChI is InChI=1S/C12H13N5O2S3/c1-8-7-10(15-16-12(20)21)14-11(13-8)17-22(18,19)9-5-3-2-4-6-9/h2-7H,1H3,(H2,16,20,21)(H2,13,14,15,17). The van der Waals surface area contributed by atoms with Gasteiger partial charge in [-0.1, -0.05) is 30.4 Å². The number of benzene rings is 1. The van der Waals surface area contributed by atoms with Crippen LogP contribution in [0, 0.1) is 6.92 Å². The Morgan fingerprint density at radius 3 is 2.55 bits per heavy atom. The van der Waals surface area contributed by atoms with Crippen molar-refractivity contribution < 1.29 is 8.42 Å². The van der Waals surface area contributed by atoms with Crippen LogP contribution in [0.3, 0.4) is 0 Å². The van der Waals surface area contributed by atoms with Crippen molar-refractivity contribution in [3.05, 3.63) is 42.1 Å². The topological polar surface area (TPSA) is 96.0 Å². The molecule has 0 bridgehead atoms. The molecule has 1 aromatic heterocycles. The molecule has 7 nitrogen and oxygen atoms in total. The monoisotopic (exact) mass is 355 g/mol. The second-order valence-corrected chi connectivity index (χ2v) is 7.03. The van der Waals surface area contributed by atoms with E-state index in [4.69, 9.17) is 12.2 Å². The van der Waals surface area contributed by atoms with Crippen molar-refractivity contribution in [2.45, 2.75) is 11.8 Å². The van der Waals surface area contributed by atoms with Gasteiger partial charge in [-0.3, -0.25) is 10.9 Å². The van der Waals surface area contributed by atoms with Gasteiger partial charge in [0.1, 0.15) is 10.1 Å². The van der Waals surface area contributed by atoms with E-state index in [1.165, 1.54) is 12.1 Å². The number of hydrazine groups is 1. The van der Waals surface area contributed by atoms with E-state index in [2.05, 4.69) is 38.2 Å². The molecule has 1 heterocycles. The Labute approximate surface area is 139 Å². The van der Waals surface area contributed by atoms with E-state index in [0.29, 0.717) is 11.5 Å². The normalized spacial score (nSPS) is 10.8. The molecule has 1 aromatic carbocycles. The lowest BCUT2D eigenvalue weighted by atomic mass is 10.4. The quantitative estimate of drug-likeness (QED) is 0.368. The van der Waals surface area contributed by atoms with Gasteiger partial charge in [-0.25, -0.2) is 18.1 Å². The van der Waals surface area contributed by atoms with E-state index < -0.39 is 10.0 Å². The number of aryl methyl sites for hydroxylation is 1. The number of aromatic nitrogens is 2. The Hall–Kier alpha value is -1.91. The van der Waals surface area contributed by atoms with Crippen molar-refractivity contribution in [2.24, 2.45) is 0 Å². The molecular weight excluding hydrogens is 342 g/mol. The van der Waals surface area contributed by atoms with Gasteiger partial charge in [0.2, 0.25) is 5.95 Å². The van der Waals surface area contributed by atoms with Gasteiger partial charge in [0.05, 0.1) is 4.90 Å². The zero-order valence-electron chi connectivity index (χ0n) is 11.4. The third-order valence-electron chi connectivity index (χ3n) is 2.43. The molecule has 3 N–H and O–H groups in total. The third-order valence-corrected chi connectivity index (χ3v) is 3.99. The number of nitrogens with zero attached hydrogens (tertiary/aromatic N) is 2. The van der Waals surface area contributed by atoms with Crippen LogP contribution in [-0.2, 0) is 10.0 Å². The van der Waals surface area contributed by atoms with E-state index in [1.807, 2.05) is 0 Å². The molecule has 0 fully saturated rings. The molecule has 0 aliphatic carbocycles. The molecule has 2 aromatic rings. The van der Waals surface area contributed by atoms with E-state index in [0.717, 1.165) is 0 Å². The summed E-state index contributed by atoms with van der Waals surface area (Å²) in [6, 6.07) is 9.60. The molecule has 0 saturated carbocycles. The summed E-state index contributed by atoms with van der Waals surface area (Å²) >= 11 is 8.65. The Balaban J connectivity index is 2.24. The summed E-state index contributed by atoms with van der Waals surface area (Å²) in [7, 11) is -3.74. The van der Waals surface area contributed by atoms with Crippen LogP contribution in [-0.4, -0.2) is 22.7 Å². The number of sulfonamides is 1. The molecule has 2 rings (SSSR count). The van der Waals surface area contributed by atoms with Crippen molar-refractivity contribution in [1.29, 1.82) is 0 Å². The summed E-state index contributed by atoms with van der Waals surface area (Å²) in [5, 5.41) is 0. The molecule has 0 aliphatic heterocycles. The first kappa shape index (κ1) is 16.5. The summed E-state index contributed by atoms with van der Waals surface area (Å²) in [4.78, 5) is 8.23. The van der Waals surface area contributed by atoms with Gasteiger partial charge >= 0.3 is 0 Å². The predicted octanol–water partition coefficient (Wildman–Crippen LogP) is 1.72. The number of thiol groups is 1. The minimum Gasteiger partial charge on any atom is -0.284 e. The Bertz CT molecular complexity index is 781. The maximum atomic E-state index is 12.2. The van der Waals surface area contributed by atoms with E-state index in [9.17, 15) is 8.42 Å². The molecule has 0 atom stereocenters. The van der Waals surface area contributed by atoms with Gasteiger partial charge in [-0.05, 0) is 19.1 Å². The number of hydrogen-bond donors (Lipinski definition) is 4. The molecule has 0 saturated heterocycles. The molecular formula is C12H13N5O2S3. The Morgan fingerprint density at radius 2 is 1.91 bits per heavy atom. The molecule has 0 spiro atoms. The average molecular weight is 355 g/mol. The molecule has 22 heavy (non-hydrogen) atoms. The fourth-order valence-electron chi connectivity index (χ4n) is 1.57. The van der Waals surface area contributed by atoms with Crippen molar-refractivity contribution >= 4 is 51.0 Å². The molecule has 0 unspecified atom stereocenters. The minimum absolute atomic E-state index is 0.0433. The van der Waals surface area contributed by atoms with Gasteiger partial charge in [0, 0.05) is 11.8 Å².